The van der Waals surface area contributed by atoms with E-state index in [1.54, 1.807) is 10.9 Å². The van der Waals surface area contributed by atoms with E-state index in [9.17, 15) is 13.2 Å². The molecule has 0 fully saturated rings. The predicted octanol–water partition coefficient (Wildman–Crippen LogP) is 3.28. The second kappa shape index (κ2) is 7.02. The molecule has 11 heteroatoms. The van der Waals surface area contributed by atoms with Gasteiger partial charge in [0, 0.05) is 11.8 Å². The molecule has 4 aromatic rings. The van der Waals surface area contributed by atoms with E-state index in [2.05, 4.69) is 30.0 Å². The van der Waals surface area contributed by atoms with Crippen molar-refractivity contribution in [1.29, 1.82) is 0 Å². The van der Waals surface area contributed by atoms with Gasteiger partial charge in [-0.05, 0) is 24.3 Å². The first kappa shape index (κ1) is 17.5. The van der Waals surface area contributed by atoms with Crippen LogP contribution in [0.25, 0.3) is 17.0 Å². The molecule has 0 aliphatic carbocycles. The van der Waals surface area contributed by atoms with Crippen LogP contribution >= 0.6 is 0 Å². The number of hydrogen-bond acceptors (Lipinski definition) is 7. The average molecular weight is 387 g/mol. The van der Waals surface area contributed by atoms with E-state index in [1.807, 2.05) is 24.3 Å². The Morgan fingerprint density at radius 1 is 1.07 bits per heavy atom. The minimum absolute atomic E-state index is 0.0437. The number of imidazole rings is 1. The molecule has 3 N–H and O–H groups in total. The summed E-state index contributed by atoms with van der Waals surface area (Å²) in [4.78, 5) is 16.6. The molecule has 0 saturated heterocycles. The Morgan fingerprint density at radius 3 is 2.68 bits per heavy atom. The molecule has 8 nitrogen and oxygen atoms in total. The normalized spacial score (nSPS) is 11.1. The number of hydrogen-bond donors (Lipinski definition) is 2. The minimum atomic E-state index is -3.12. The maximum atomic E-state index is 13.9. The molecule has 142 valence electrons. The SMILES string of the molecule is Nc1nc(Nc2ccc(OC(F)F)c(F)c2)nc(-n2cnc3ccccc32)n1. The fourth-order valence-corrected chi connectivity index (χ4v) is 2.56. The highest BCUT2D eigenvalue weighted by Gasteiger charge is 2.13. The van der Waals surface area contributed by atoms with E-state index in [1.165, 1.54) is 6.07 Å². The Kier molecular flexibility index (Phi) is 4.39. The highest BCUT2D eigenvalue weighted by molar-refractivity contribution is 5.76. The minimum Gasteiger partial charge on any atom is -0.432 e. The Bertz CT molecular complexity index is 1150. The van der Waals surface area contributed by atoms with Crippen molar-refractivity contribution in [3.05, 3.63) is 54.6 Å². The summed E-state index contributed by atoms with van der Waals surface area (Å²) in [5.74, 6) is -1.35. The average Bonchev–Trinajstić information content (AvgIpc) is 3.07. The van der Waals surface area contributed by atoms with Gasteiger partial charge in [-0.3, -0.25) is 4.57 Å². The molecule has 0 saturated carbocycles. The lowest BCUT2D eigenvalue weighted by Crippen LogP contribution is -2.09. The van der Waals surface area contributed by atoms with Gasteiger partial charge < -0.3 is 15.8 Å². The third-order valence-electron chi connectivity index (χ3n) is 3.71. The number of aromatic nitrogens is 5. The number of benzene rings is 2. The van der Waals surface area contributed by atoms with E-state index in [-0.39, 0.29) is 23.5 Å². The van der Waals surface area contributed by atoms with Crippen molar-refractivity contribution in [3.63, 3.8) is 0 Å². The second-order valence-electron chi connectivity index (χ2n) is 5.57. The van der Waals surface area contributed by atoms with Crippen LogP contribution in [0.15, 0.2) is 48.8 Å². The molecule has 4 rings (SSSR count). The van der Waals surface area contributed by atoms with Gasteiger partial charge in [0.25, 0.3) is 0 Å². The Hall–Kier alpha value is -3.89. The molecule has 0 aliphatic heterocycles. The summed E-state index contributed by atoms with van der Waals surface area (Å²) in [7, 11) is 0. The van der Waals surface area contributed by atoms with Crippen LogP contribution in [0.5, 0.6) is 5.75 Å². The zero-order valence-electron chi connectivity index (χ0n) is 14.1. The van der Waals surface area contributed by atoms with Crippen molar-refractivity contribution in [2.45, 2.75) is 6.61 Å². The summed E-state index contributed by atoms with van der Waals surface area (Å²) in [6.45, 7) is -3.12. The van der Waals surface area contributed by atoms with Crippen LogP contribution in [0.2, 0.25) is 0 Å². The van der Waals surface area contributed by atoms with Gasteiger partial charge in [0.2, 0.25) is 17.8 Å². The number of alkyl halides is 2. The smallest absolute Gasteiger partial charge is 0.387 e. The van der Waals surface area contributed by atoms with Crippen LogP contribution in [0.1, 0.15) is 0 Å². The van der Waals surface area contributed by atoms with Gasteiger partial charge in [0.1, 0.15) is 6.33 Å². The lowest BCUT2D eigenvalue weighted by Gasteiger charge is -2.10. The molecule has 0 radical (unpaired) electrons. The van der Waals surface area contributed by atoms with Crippen molar-refractivity contribution < 1.29 is 17.9 Å². The first-order chi connectivity index (χ1) is 13.5. The first-order valence-corrected chi connectivity index (χ1v) is 7.95. The molecule has 0 aliphatic rings. The second-order valence-corrected chi connectivity index (χ2v) is 5.57. The Balaban J connectivity index is 1.65. The third kappa shape index (κ3) is 3.49. The Morgan fingerprint density at radius 2 is 1.89 bits per heavy atom. The molecule has 2 aromatic carbocycles. The number of nitrogen functional groups attached to an aromatic ring is 1. The molecule has 28 heavy (non-hydrogen) atoms. The quantitative estimate of drug-likeness (QED) is 0.542. The van der Waals surface area contributed by atoms with Gasteiger partial charge in [-0.2, -0.15) is 23.7 Å². The fraction of sp³-hybridized carbons (Fsp3) is 0.0588. The number of nitrogens with two attached hydrogens (primary N) is 1. The zero-order chi connectivity index (χ0) is 19.7. The maximum absolute atomic E-state index is 13.9. The van der Waals surface area contributed by atoms with Gasteiger partial charge in [-0.25, -0.2) is 9.37 Å². The van der Waals surface area contributed by atoms with E-state index in [0.717, 1.165) is 23.2 Å². The van der Waals surface area contributed by atoms with Crippen molar-refractivity contribution in [2.24, 2.45) is 0 Å². The lowest BCUT2D eigenvalue weighted by atomic mass is 10.3. The van der Waals surface area contributed by atoms with Crippen molar-refractivity contribution >= 4 is 28.6 Å². The summed E-state index contributed by atoms with van der Waals surface area (Å²) in [6.07, 6.45) is 1.54. The molecule has 0 unspecified atom stereocenters. The van der Waals surface area contributed by atoms with Crippen molar-refractivity contribution in [3.8, 4) is 11.7 Å². The molecule has 0 bridgehead atoms. The van der Waals surface area contributed by atoms with Crippen LogP contribution in [0.4, 0.5) is 30.8 Å². The Labute approximate surface area is 155 Å². The van der Waals surface area contributed by atoms with Gasteiger partial charge in [0.15, 0.2) is 11.6 Å². The third-order valence-corrected chi connectivity index (χ3v) is 3.71. The molecule has 2 aromatic heterocycles. The summed E-state index contributed by atoms with van der Waals surface area (Å²) in [5.41, 5.74) is 7.48. The van der Waals surface area contributed by atoms with Crippen LogP contribution < -0.4 is 15.8 Å². The molecule has 0 spiro atoms. The fourth-order valence-electron chi connectivity index (χ4n) is 2.56. The maximum Gasteiger partial charge on any atom is 0.387 e. The summed E-state index contributed by atoms with van der Waals surface area (Å²) in [6, 6.07) is 10.8. The van der Waals surface area contributed by atoms with Crippen LogP contribution in [0, 0.1) is 5.82 Å². The number of nitrogens with zero attached hydrogens (tertiary/aromatic N) is 5. The highest BCUT2D eigenvalue weighted by atomic mass is 19.3. The van der Waals surface area contributed by atoms with Gasteiger partial charge in [-0.1, -0.05) is 12.1 Å². The zero-order valence-corrected chi connectivity index (χ0v) is 14.1. The molecule has 0 atom stereocenters. The summed E-state index contributed by atoms with van der Waals surface area (Å²) in [5, 5.41) is 2.76. The lowest BCUT2D eigenvalue weighted by molar-refractivity contribution is -0.0521. The van der Waals surface area contributed by atoms with E-state index < -0.39 is 18.2 Å². The number of ether oxygens (including phenoxy) is 1. The number of nitrogens with one attached hydrogen (secondary N) is 1. The number of anilines is 3. The first-order valence-electron chi connectivity index (χ1n) is 7.95. The van der Waals surface area contributed by atoms with Gasteiger partial charge in [0.05, 0.1) is 11.0 Å². The van der Waals surface area contributed by atoms with Crippen LogP contribution in [-0.4, -0.2) is 31.1 Å². The van der Waals surface area contributed by atoms with E-state index in [0.29, 0.717) is 0 Å². The topological polar surface area (TPSA) is 104 Å². The van der Waals surface area contributed by atoms with Crippen molar-refractivity contribution in [1.82, 2.24) is 24.5 Å². The number of para-hydroxylation sites is 2. The van der Waals surface area contributed by atoms with Gasteiger partial charge in [-0.15, -0.1) is 0 Å². The standard InChI is InChI=1S/C17H12F3N7O/c18-10-7-9(5-6-13(10)28-14(19)20)23-16-24-15(21)25-17(26-16)27-8-22-11-3-1-2-4-12(11)27/h1-8,14H,(H3,21,23,24,25,26). The van der Waals surface area contributed by atoms with Crippen LogP contribution in [0.3, 0.4) is 0 Å². The molecular weight excluding hydrogens is 375 g/mol. The van der Waals surface area contributed by atoms with Gasteiger partial charge >= 0.3 is 6.61 Å². The largest absolute Gasteiger partial charge is 0.432 e. The monoisotopic (exact) mass is 387 g/mol. The van der Waals surface area contributed by atoms with Crippen molar-refractivity contribution in [2.75, 3.05) is 11.1 Å². The highest BCUT2D eigenvalue weighted by Crippen LogP contribution is 2.25. The summed E-state index contributed by atoms with van der Waals surface area (Å²) < 4.78 is 44.0. The summed E-state index contributed by atoms with van der Waals surface area (Å²) >= 11 is 0. The molecule has 2 heterocycles. The van der Waals surface area contributed by atoms with E-state index in [4.69, 9.17) is 5.73 Å². The molecular formula is C17H12F3N7O. The number of halogens is 3. The van der Waals surface area contributed by atoms with E-state index >= 15 is 0 Å². The predicted molar refractivity (Wildman–Crippen MR) is 95.2 cm³/mol. The number of rotatable bonds is 5. The number of fused-ring (bicyclic) bond motifs is 1. The van der Waals surface area contributed by atoms with Crippen LogP contribution in [-0.2, 0) is 0 Å². The molecule has 0 amide bonds.